The molecule has 0 unspecified atom stereocenters. The maximum absolute atomic E-state index is 12.9. The highest BCUT2D eigenvalue weighted by Gasteiger charge is 2.29. The smallest absolute Gasteiger partial charge is 0.243 e. The maximum Gasteiger partial charge on any atom is 0.243 e. The first kappa shape index (κ1) is 20.6. The van der Waals surface area contributed by atoms with Gasteiger partial charge in [0.05, 0.1) is 11.4 Å². The molecule has 1 aromatic heterocycles. The van der Waals surface area contributed by atoms with Gasteiger partial charge in [-0.1, -0.05) is 31.1 Å². The molecule has 2 aromatic rings. The van der Waals surface area contributed by atoms with Crippen LogP contribution in [0.1, 0.15) is 42.8 Å². The molecular weight excluding hydrogens is 380 g/mol. The number of carbonyl (C=O) groups excluding carboxylic acids is 1. The average Bonchev–Trinajstić information content (AvgIpc) is 3.08. The van der Waals surface area contributed by atoms with E-state index in [-0.39, 0.29) is 10.7 Å². The van der Waals surface area contributed by atoms with E-state index < -0.39 is 10.0 Å². The third-order valence-corrected chi connectivity index (χ3v) is 6.56. The average molecular weight is 407 g/mol. The highest BCUT2D eigenvalue weighted by atomic mass is 32.2. The van der Waals surface area contributed by atoms with E-state index in [1.165, 1.54) is 23.4 Å². The van der Waals surface area contributed by atoms with Gasteiger partial charge >= 0.3 is 0 Å². The van der Waals surface area contributed by atoms with Crippen molar-refractivity contribution in [3.05, 3.63) is 41.5 Å². The van der Waals surface area contributed by atoms with Crippen LogP contribution < -0.4 is 0 Å². The van der Waals surface area contributed by atoms with Crippen molar-refractivity contribution in [1.29, 1.82) is 0 Å². The molecule has 0 radical (unpaired) electrons. The molecule has 0 amide bonds. The van der Waals surface area contributed by atoms with E-state index in [0.717, 1.165) is 6.42 Å². The minimum atomic E-state index is -3.62. The van der Waals surface area contributed by atoms with Crippen LogP contribution in [0.4, 0.5) is 0 Å². The monoisotopic (exact) mass is 406 g/mol. The van der Waals surface area contributed by atoms with Gasteiger partial charge in [0.25, 0.3) is 0 Å². The lowest BCUT2D eigenvalue weighted by Gasteiger charge is -2.33. The van der Waals surface area contributed by atoms with Crippen molar-refractivity contribution >= 4 is 15.8 Å². The van der Waals surface area contributed by atoms with Crippen molar-refractivity contribution in [2.45, 2.75) is 38.6 Å². The number of sulfonamides is 1. The molecule has 8 nitrogen and oxygen atoms in total. The number of Topliss-reactive ketones (excluding diaryl/α,β-unsaturated/α-hetero) is 1. The lowest BCUT2D eigenvalue weighted by Crippen LogP contribution is -2.48. The van der Waals surface area contributed by atoms with E-state index in [2.05, 4.69) is 28.9 Å². The Morgan fingerprint density at radius 2 is 1.93 bits per heavy atom. The number of nitrogens with zero attached hydrogens (tertiary/aromatic N) is 4. The molecule has 9 heteroatoms. The summed E-state index contributed by atoms with van der Waals surface area (Å²) in [4.78, 5) is 18.2. The number of hydrogen-bond donors (Lipinski definition) is 0. The fourth-order valence-electron chi connectivity index (χ4n) is 3.15. The number of piperazine rings is 1. The second-order valence-electron chi connectivity index (χ2n) is 7.47. The second kappa shape index (κ2) is 8.50. The summed E-state index contributed by atoms with van der Waals surface area (Å²) in [7, 11) is -3.62. The maximum atomic E-state index is 12.9. The number of hydrogen-bond acceptors (Lipinski definition) is 7. The van der Waals surface area contributed by atoms with E-state index in [1.54, 1.807) is 12.1 Å². The zero-order valence-corrected chi connectivity index (χ0v) is 17.3. The minimum Gasteiger partial charge on any atom is -0.338 e. The summed E-state index contributed by atoms with van der Waals surface area (Å²) in [6.45, 7) is 8.04. The number of benzene rings is 1. The molecule has 1 saturated heterocycles. The van der Waals surface area contributed by atoms with Crippen LogP contribution in [0.2, 0.25) is 0 Å². The molecule has 0 spiro atoms. The van der Waals surface area contributed by atoms with Gasteiger partial charge in [-0.2, -0.15) is 9.29 Å². The van der Waals surface area contributed by atoms with Crippen LogP contribution in [0.15, 0.2) is 33.7 Å². The van der Waals surface area contributed by atoms with Crippen molar-refractivity contribution < 1.29 is 17.7 Å². The fraction of sp³-hybridized carbons (Fsp3) is 0.526. The number of rotatable bonds is 7. The molecule has 1 aliphatic heterocycles. The normalized spacial score (nSPS) is 16.6. The summed E-state index contributed by atoms with van der Waals surface area (Å²) in [5.41, 5.74) is 0.397. The lowest BCUT2D eigenvalue weighted by molar-refractivity contribution is 0.101. The largest absolute Gasteiger partial charge is 0.338 e. The molecule has 3 rings (SSSR count). The molecule has 0 atom stereocenters. The van der Waals surface area contributed by atoms with E-state index >= 15 is 0 Å². The summed E-state index contributed by atoms with van der Waals surface area (Å²) in [5, 5.41) is 3.99. The molecule has 0 saturated carbocycles. The first-order chi connectivity index (χ1) is 13.3. The number of aromatic nitrogens is 2. The molecule has 0 aliphatic carbocycles. The zero-order valence-electron chi connectivity index (χ0n) is 16.5. The molecule has 1 aromatic carbocycles. The highest BCUT2D eigenvalue weighted by Crippen LogP contribution is 2.20. The molecular formula is C19H26N4O4S. The Labute approximate surface area is 165 Å². The van der Waals surface area contributed by atoms with Gasteiger partial charge in [-0.15, -0.1) is 0 Å². The molecule has 0 N–H and O–H groups in total. The van der Waals surface area contributed by atoms with E-state index in [1.807, 2.05) is 0 Å². The quantitative estimate of drug-likeness (QED) is 0.649. The summed E-state index contributed by atoms with van der Waals surface area (Å²) >= 11 is 0. The Morgan fingerprint density at radius 3 is 2.57 bits per heavy atom. The molecule has 1 fully saturated rings. The predicted octanol–water partition coefficient (Wildman–Crippen LogP) is 1.98. The van der Waals surface area contributed by atoms with Gasteiger partial charge in [0.15, 0.2) is 11.6 Å². The fourth-order valence-corrected chi connectivity index (χ4v) is 4.61. The van der Waals surface area contributed by atoms with Crippen molar-refractivity contribution in [2.24, 2.45) is 5.92 Å². The molecule has 1 aliphatic rings. The van der Waals surface area contributed by atoms with Gasteiger partial charge in [-0.25, -0.2) is 8.42 Å². The number of ketones is 1. The van der Waals surface area contributed by atoms with Crippen molar-refractivity contribution in [2.75, 3.05) is 26.2 Å². The van der Waals surface area contributed by atoms with Crippen LogP contribution in [0.5, 0.6) is 0 Å². The first-order valence-electron chi connectivity index (χ1n) is 9.40. The summed E-state index contributed by atoms with van der Waals surface area (Å²) in [6, 6.07) is 6.20. The highest BCUT2D eigenvalue weighted by molar-refractivity contribution is 7.89. The predicted molar refractivity (Wildman–Crippen MR) is 103 cm³/mol. The Balaban J connectivity index is 1.61. The van der Waals surface area contributed by atoms with Crippen LogP contribution in [-0.2, 0) is 23.0 Å². The van der Waals surface area contributed by atoms with E-state index in [0.29, 0.717) is 55.9 Å². The van der Waals surface area contributed by atoms with Gasteiger partial charge in [0.2, 0.25) is 15.9 Å². The topological polar surface area (TPSA) is 96.6 Å². The van der Waals surface area contributed by atoms with Crippen molar-refractivity contribution in [3.63, 3.8) is 0 Å². The number of carbonyl (C=O) groups is 1. The third-order valence-electron chi connectivity index (χ3n) is 4.67. The van der Waals surface area contributed by atoms with Crippen LogP contribution in [0, 0.1) is 5.92 Å². The first-order valence-corrected chi connectivity index (χ1v) is 10.8. The van der Waals surface area contributed by atoms with Crippen molar-refractivity contribution in [1.82, 2.24) is 19.3 Å². The van der Waals surface area contributed by atoms with Gasteiger partial charge in [-0.05, 0) is 25.0 Å². The van der Waals surface area contributed by atoms with Crippen LogP contribution >= 0.6 is 0 Å². The third kappa shape index (κ3) is 4.84. The van der Waals surface area contributed by atoms with Crippen LogP contribution in [0.25, 0.3) is 0 Å². The van der Waals surface area contributed by atoms with Crippen molar-refractivity contribution in [3.8, 4) is 0 Å². The second-order valence-corrected chi connectivity index (χ2v) is 9.40. The van der Waals surface area contributed by atoms with E-state index in [4.69, 9.17) is 4.52 Å². The van der Waals surface area contributed by atoms with Crippen LogP contribution in [-0.4, -0.2) is 59.7 Å². The van der Waals surface area contributed by atoms with Gasteiger partial charge < -0.3 is 4.52 Å². The molecule has 152 valence electrons. The Bertz CT molecular complexity index is 931. The van der Waals surface area contributed by atoms with E-state index in [9.17, 15) is 13.2 Å². The lowest BCUT2D eigenvalue weighted by atomic mass is 10.1. The van der Waals surface area contributed by atoms with Gasteiger partial charge in [0.1, 0.15) is 0 Å². The van der Waals surface area contributed by atoms with Crippen LogP contribution in [0.3, 0.4) is 0 Å². The molecule has 0 bridgehead atoms. The Kier molecular flexibility index (Phi) is 6.26. The Morgan fingerprint density at radius 1 is 1.21 bits per heavy atom. The standard InChI is InChI=1S/C19H26N4O4S/c1-14(2)11-18-20-19(27-21-18)13-22-7-9-23(10-8-22)28(25,26)17-6-4-5-16(12-17)15(3)24/h4-6,12,14H,7-11,13H2,1-3H3. The minimum absolute atomic E-state index is 0.154. The summed E-state index contributed by atoms with van der Waals surface area (Å²) in [5.74, 6) is 1.57. The summed E-state index contributed by atoms with van der Waals surface area (Å²) in [6.07, 6.45) is 0.773. The molecule has 2 heterocycles. The van der Waals surface area contributed by atoms with Gasteiger partial charge in [-0.3, -0.25) is 9.69 Å². The van der Waals surface area contributed by atoms with Gasteiger partial charge in [0, 0.05) is 38.2 Å². The SMILES string of the molecule is CC(=O)c1cccc(S(=O)(=O)N2CCN(Cc3nc(CC(C)C)no3)CC2)c1. The Hall–Kier alpha value is -2.10. The molecule has 28 heavy (non-hydrogen) atoms. The zero-order chi connectivity index (χ0) is 20.3. The summed E-state index contributed by atoms with van der Waals surface area (Å²) < 4.78 is 32.5.